The third-order valence-electron chi connectivity index (χ3n) is 3.43. The molecule has 2 heterocycles. The number of rotatable bonds is 3. The number of carbonyl (C=O) groups excluding carboxylic acids is 2. The molecule has 2 amide bonds. The third-order valence-corrected chi connectivity index (χ3v) is 3.43. The van der Waals surface area contributed by atoms with Gasteiger partial charge in [0, 0.05) is 38.5 Å². The van der Waals surface area contributed by atoms with E-state index in [4.69, 9.17) is 5.73 Å². The van der Waals surface area contributed by atoms with Crippen molar-refractivity contribution in [2.24, 2.45) is 11.7 Å². The number of carbonyl (C=O) groups is 2. The molecule has 0 aliphatic carbocycles. The van der Waals surface area contributed by atoms with E-state index in [-0.39, 0.29) is 23.9 Å². The van der Waals surface area contributed by atoms with Gasteiger partial charge >= 0.3 is 0 Å². The summed E-state index contributed by atoms with van der Waals surface area (Å²) in [5, 5.41) is 0. The summed E-state index contributed by atoms with van der Waals surface area (Å²) < 4.78 is 0. The molecular weight excluding hydrogens is 218 g/mol. The Balaban J connectivity index is 1.79. The minimum absolute atomic E-state index is 0.0251. The van der Waals surface area contributed by atoms with E-state index in [0.717, 1.165) is 0 Å². The highest BCUT2D eigenvalue weighted by atomic mass is 16.2. The molecule has 0 spiro atoms. The van der Waals surface area contributed by atoms with Crippen LogP contribution in [0.4, 0.5) is 0 Å². The van der Waals surface area contributed by atoms with Crippen LogP contribution in [0.25, 0.3) is 0 Å². The lowest BCUT2D eigenvalue weighted by molar-refractivity contribution is -0.144. The first-order chi connectivity index (χ1) is 7.97. The molecule has 17 heavy (non-hydrogen) atoms. The highest BCUT2D eigenvalue weighted by Crippen LogP contribution is 2.22. The lowest BCUT2D eigenvalue weighted by Crippen LogP contribution is -2.61. The van der Waals surface area contributed by atoms with Gasteiger partial charge in [-0.15, -0.1) is 0 Å². The van der Waals surface area contributed by atoms with Crippen molar-refractivity contribution in [3.8, 4) is 0 Å². The van der Waals surface area contributed by atoms with Crippen molar-refractivity contribution >= 4 is 11.8 Å². The first kappa shape index (κ1) is 12.4. The van der Waals surface area contributed by atoms with Gasteiger partial charge in [-0.2, -0.15) is 0 Å². The summed E-state index contributed by atoms with van der Waals surface area (Å²) in [4.78, 5) is 27.0. The molecule has 0 aromatic rings. The number of nitrogens with two attached hydrogens (primary N) is 1. The zero-order valence-electron chi connectivity index (χ0n) is 10.6. The zero-order valence-corrected chi connectivity index (χ0v) is 10.6. The van der Waals surface area contributed by atoms with Gasteiger partial charge in [0.1, 0.15) is 0 Å². The zero-order chi connectivity index (χ0) is 12.6. The van der Waals surface area contributed by atoms with Crippen LogP contribution in [-0.2, 0) is 9.59 Å². The Morgan fingerprint density at radius 1 is 1.41 bits per heavy atom. The second-order valence-electron chi connectivity index (χ2n) is 5.56. The maximum atomic E-state index is 11.7. The van der Waals surface area contributed by atoms with Crippen molar-refractivity contribution in [1.82, 2.24) is 9.80 Å². The Labute approximate surface area is 102 Å². The molecule has 5 nitrogen and oxygen atoms in total. The van der Waals surface area contributed by atoms with E-state index in [1.165, 1.54) is 0 Å². The van der Waals surface area contributed by atoms with Gasteiger partial charge in [0.25, 0.3) is 0 Å². The van der Waals surface area contributed by atoms with Crippen molar-refractivity contribution in [1.29, 1.82) is 0 Å². The molecule has 0 aromatic carbocycles. The van der Waals surface area contributed by atoms with Gasteiger partial charge in [-0.3, -0.25) is 9.59 Å². The van der Waals surface area contributed by atoms with Crippen LogP contribution in [0.1, 0.15) is 26.7 Å². The van der Waals surface area contributed by atoms with E-state index < -0.39 is 0 Å². The highest BCUT2D eigenvalue weighted by molar-refractivity contribution is 5.81. The van der Waals surface area contributed by atoms with Crippen LogP contribution in [0.3, 0.4) is 0 Å². The van der Waals surface area contributed by atoms with E-state index in [9.17, 15) is 9.59 Å². The lowest BCUT2D eigenvalue weighted by Gasteiger charge is -2.44. The number of likely N-dealkylation sites (tertiary alicyclic amines) is 2. The van der Waals surface area contributed by atoms with Gasteiger partial charge < -0.3 is 15.5 Å². The van der Waals surface area contributed by atoms with E-state index >= 15 is 0 Å². The van der Waals surface area contributed by atoms with Gasteiger partial charge in [0.2, 0.25) is 11.8 Å². The fraction of sp³-hybridized carbons (Fsp3) is 0.833. The second-order valence-corrected chi connectivity index (χ2v) is 5.56. The summed E-state index contributed by atoms with van der Waals surface area (Å²) in [5.74, 6) is 0.731. The normalized spacial score (nSPS) is 25.6. The quantitative estimate of drug-likeness (QED) is 0.742. The maximum absolute atomic E-state index is 11.7. The molecular formula is C12H21N3O2. The Hall–Kier alpha value is -1.10. The highest BCUT2D eigenvalue weighted by Gasteiger charge is 2.40. The van der Waals surface area contributed by atoms with Crippen molar-refractivity contribution in [2.75, 3.05) is 19.6 Å². The number of nitrogens with zero attached hydrogens (tertiary/aromatic N) is 2. The molecule has 2 aliphatic heterocycles. The van der Waals surface area contributed by atoms with E-state index in [1.807, 2.05) is 23.6 Å². The lowest BCUT2D eigenvalue weighted by atomic mass is 10.0. The fourth-order valence-corrected chi connectivity index (χ4v) is 2.45. The molecule has 0 bridgehead atoms. The first-order valence-electron chi connectivity index (χ1n) is 6.30. The van der Waals surface area contributed by atoms with Gasteiger partial charge in [0.05, 0.1) is 6.04 Å². The van der Waals surface area contributed by atoms with Gasteiger partial charge in [-0.1, -0.05) is 13.8 Å². The van der Waals surface area contributed by atoms with E-state index in [0.29, 0.717) is 38.4 Å². The molecule has 0 radical (unpaired) electrons. The molecule has 5 heteroatoms. The molecule has 2 rings (SSSR count). The third kappa shape index (κ3) is 2.60. The van der Waals surface area contributed by atoms with Crippen LogP contribution in [0.2, 0.25) is 0 Å². The van der Waals surface area contributed by atoms with Crippen molar-refractivity contribution in [2.45, 2.75) is 38.8 Å². The van der Waals surface area contributed by atoms with Crippen LogP contribution < -0.4 is 5.73 Å². The molecule has 1 unspecified atom stereocenters. The van der Waals surface area contributed by atoms with Crippen LogP contribution in [0, 0.1) is 5.92 Å². The Kier molecular flexibility index (Phi) is 3.38. The molecule has 2 saturated heterocycles. The second kappa shape index (κ2) is 4.64. The summed E-state index contributed by atoms with van der Waals surface area (Å²) in [6.45, 7) is 6.10. The number of amides is 2. The van der Waals surface area contributed by atoms with Crippen molar-refractivity contribution < 1.29 is 9.59 Å². The predicted molar refractivity (Wildman–Crippen MR) is 64.1 cm³/mol. The number of hydrogen-bond acceptors (Lipinski definition) is 3. The van der Waals surface area contributed by atoms with Crippen LogP contribution in [0.15, 0.2) is 0 Å². The predicted octanol–water partition coefficient (Wildman–Crippen LogP) is -0.197. The van der Waals surface area contributed by atoms with Crippen LogP contribution in [0.5, 0.6) is 0 Å². The Morgan fingerprint density at radius 3 is 2.53 bits per heavy atom. The monoisotopic (exact) mass is 239 g/mol. The van der Waals surface area contributed by atoms with Gasteiger partial charge in [-0.05, 0) is 5.92 Å². The average Bonchev–Trinajstić information content (AvgIpc) is 2.41. The van der Waals surface area contributed by atoms with Gasteiger partial charge in [-0.25, -0.2) is 0 Å². The van der Waals surface area contributed by atoms with Crippen molar-refractivity contribution in [3.05, 3.63) is 0 Å². The summed E-state index contributed by atoms with van der Waals surface area (Å²) in [5.41, 5.74) is 5.75. The molecule has 2 fully saturated rings. The van der Waals surface area contributed by atoms with Gasteiger partial charge in [0.15, 0.2) is 0 Å². The number of hydrogen-bond donors (Lipinski definition) is 1. The van der Waals surface area contributed by atoms with Crippen LogP contribution >= 0.6 is 0 Å². The van der Waals surface area contributed by atoms with E-state index in [2.05, 4.69) is 0 Å². The molecule has 0 aromatic heterocycles. The van der Waals surface area contributed by atoms with Crippen LogP contribution in [-0.4, -0.2) is 53.3 Å². The molecule has 96 valence electrons. The van der Waals surface area contributed by atoms with Crippen molar-refractivity contribution in [3.63, 3.8) is 0 Å². The minimum Gasteiger partial charge on any atom is -0.338 e. The first-order valence-corrected chi connectivity index (χ1v) is 6.30. The summed E-state index contributed by atoms with van der Waals surface area (Å²) in [7, 11) is 0. The smallest absolute Gasteiger partial charge is 0.224 e. The van der Waals surface area contributed by atoms with E-state index in [1.54, 1.807) is 0 Å². The minimum atomic E-state index is -0.0251. The summed E-state index contributed by atoms with van der Waals surface area (Å²) >= 11 is 0. The molecule has 2 N–H and O–H groups in total. The SMILES string of the molecule is CC(C)CC(=O)N1CC(N2CC(N)CC2=O)C1. The molecule has 2 aliphatic rings. The summed E-state index contributed by atoms with van der Waals surface area (Å²) in [6, 6.07) is 0.176. The fourth-order valence-electron chi connectivity index (χ4n) is 2.45. The topological polar surface area (TPSA) is 66.6 Å². The Bertz CT molecular complexity index is 324. The summed E-state index contributed by atoms with van der Waals surface area (Å²) in [6.07, 6.45) is 1.05. The standard InChI is InChI=1S/C12H21N3O2/c1-8(2)3-11(16)14-6-10(7-14)15-5-9(13)4-12(15)17/h8-10H,3-7,13H2,1-2H3. The molecule has 0 saturated carbocycles. The maximum Gasteiger partial charge on any atom is 0.224 e. The Morgan fingerprint density at radius 2 is 2.06 bits per heavy atom. The largest absolute Gasteiger partial charge is 0.338 e. The average molecular weight is 239 g/mol. The molecule has 1 atom stereocenters.